The Bertz CT molecular complexity index is 351. The van der Waals surface area contributed by atoms with Crippen LogP contribution >= 0.6 is 0 Å². The highest BCUT2D eigenvalue weighted by molar-refractivity contribution is 5.53. The fourth-order valence-corrected chi connectivity index (χ4v) is 2.07. The van der Waals surface area contributed by atoms with E-state index in [0.29, 0.717) is 6.04 Å². The molecule has 1 saturated heterocycles. The lowest BCUT2D eigenvalue weighted by atomic mass is 10.1. The molecule has 1 unspecified atom stereocenters. The molecule has 3 heteroatoms. The number of piperazine rings is 1. The van der Waals surface area contributed by atoms with Crippen LogP contribution in [0.2, 0.25) is 0 Å². The van der Waals surface area contributed by atoms with E-state index in [-0.39, 0.29) is 5.82 Å². The first-order chi connectivity index (χ1) is 7.16. The van der Waals surface area contributed by atoms with Gasteiger partial charge < -0.3 is 10.2 Å². The Hall–Kier alpha value is -1.09. The monoisotopic (exact) mass is 208 g/mol. The number of hydrogen-bond acceptors (Lipinski definition) is 2. The third-order valence-corrected chi connectivity index (χ3v) is 2.88. The fraction of sp³-hybridized carbons (Fsp3) is 0.500. The number of hydrogen-bond donors (Lipinski definition) is 1. The van der Waals surface area contributed by atoms with Crippen molar-refractivity contribution < 1.29 is 4.39 Å². The molecule has 0 aliphatic carbocycles. The van der Waals surface area contributed by atoms with Gasteiger partial charge in [-0.2, -0.15) is 0 Å². The second-order valence-corrected chi connectivity index (χ2v) is 4.23. The van der Waals surface area contributed by atoms with Crippen molar-refractivity contribution in [3.05, 3.63) is 29.6 Å². The summed E-state index contributed by atoms with van der Waals surface area (Å²) in [5, 5.41) is 3.38. The SMILES string of the molecule is Cc1ccc(F)cc1N1CCNC(C)C1. The molecule has 82 valence electrons. The molecular weight excluding hydrogens is 191 g/mol. The quantitative estimate of drug-likeness (QED) is 0.758. The lowest BCUT2D eigenvalue weighted by Crippen LogP contribution is -2.49. The Balaban J connectivity index is 2.24. The summed E-state index contributed by atoms with van der Waals surface area (Å²) in [6.07, 6.45) is 0. The van der Waals surface area contributed by atoms with Gasteiger partial charge in [0.2, 0.25) is 0 Å². The lowest BCUT2D eigenvalue weighted by molar-refractivity contribution is 0.483. The zero-order valence-corrected chi connectivity index (χ0v) is 9.26. The van der Waals surface area contributed by atoms with Gasteiger partial charge in [0, 0.05) is 31.4 Å². The molecule has 1 aromatic rings. The third-order valence-electron chi connectivity index (χ3n) is 2.88. The van der Waals surface area contributed by atoms with Crippen LogP contribution in [0.5, 0.6) is 0 Å². The number of nitrogens with zero attached hydrogens (tertiary/aromatic N) is 1. The van der Waals surface area contributed by atoms with Gasteiger partial charge in [-0.15, -0.1) is 0 Å². The van der Waals surface area contributed by atoms with Gasteiger partial charge in [0.15, 0.2) is 0 Å². The number of nitrogens with one attached hydrogen (secondary N) is 1. The molecule has 0 amide bonds. The molecule has 0 radical (unpaired) electrons. The number of halogens is 1. The predicted octanol–water partition coefficient (Wildman–Crippen LogP) is 1.93. The Morgan fingerprint density at radius 1 is 1.47 bits per heavy atom. The van der Waals surface area contributed by atoms with Crippen molar-refractivity contribution in [3.63, 3.8) is 0 Å². The van der Waals surface area contributed by atoms with E-state index in [1.54, 1.807) is 6.07 Å². The summed E-state index contributed by atoms with van der Waals surface area (Å²) in [7, 11) is 0. The molecule has 2 rings (SSSR count). The molecule has 1 heterocycles. The molecule has 1 fully saturated rings. The van der Waals surface area contributed by atoms with Crippen LogP contribution < -0.4 is 10.2 Å². The zero-order chi connectivity index (χ0) is 10.8. The normalized spacial score (nSPS) is 21.8. The zero-order valence-electron chi connectivity index (χ0n) is 9.26. The number of benzene rings is 1. The van der Waals surface area contributed by atoms with Crippen molar-refractivity contribution in [2.75, 3.05) is 24.5 Å². The standard InChI is InChI=1S/C12H17FN2/c1-9-3-4-11(13)7-12(9)15-6-5-14-10(2)8-15/h3-4,7,10,14H,5-6,8H2,1-2H3. The van der Waals surface area contributed by atoms with Crippen LogP contribution in [-0.2, 0) is 0 Å². The second kappa shape index (κ2) is 4.19. The highest BCUT2D eigenvalue weighted by Gasteiger charge is 2.17. The maximum Gasteiger partial charge on any atom is 0.125 e. The molecule has 0 aromatic heterocycles. The van der Waals surface area contributed by atoms with Crippen LogP contribution in [0.1, 0.15) is 12.5 Å². The first-order valence-corrected chi connectivity index (χ1v) is 5.41. The van der Waals surface area contributed by atoms with E-state index in [2.05, 4.69) is 17.1 Å². The van der Waals surface area contributed by atoms with Gasteiger partial charge in [-0.25, -0.2) is 4.39 Å². The van der Waals surface area contributed by atoms with Crippen molar-refractivity contribution >= 4 is 5.69 Å². The van der Waals surface area contributed by atoms with E-state index < -0.39 is 0 Å². The summed E-state index contributed by atoms with van der Waals surface area (Å²) in [5.41, 5.74) is 2.17. The van der Waals surface area contributed by atoms with Crippen LogP contribution in [0.15, 0.2) is 18.2 Å². The molecular formula is C12H17FN2. The average Bonchev–Trinajstić information content (AvgIpc) is 2.22. The molecule has 1 aliphatic rings. The fourth-order valence-electron chi connectivity index (χ4n) is 2.07. The van der Waals surface area contributed by atoms with Gasteiger partial charge in [-0.1, -0.05) is 6.07 Å². The van der Waals surface area contributed by atoms with Crippen molar-refractivity contribution in [1.82, 2.24) is 5.32 Å². The topological polar surface area (TPSA) is 15.3 Å². The minimum absolute atomic E-state index is 0.151. The highest BCUT2D eigenvalue weighted by Crippen LogP contribution is 2.22. The minimum atomic E-state index is -0.151. The molecule has 2 nitrogen and oxygen atoms in total. The van der Waals surface area contributed by atoms with Crippen LogP contribution in [0.3, 0.4) is 0 Å². The van der Waals surface area contributed by atoms with Crippen LogP contribution in [-0.4, -0.2) is 25.7 Å². The van der Waals surface area contributed by atoms with Gasteiger partial charge in [-0.05, 0) is 31.5 Å². The molecule has 15 heavy (non-hydrogen) atoms. The Morgan fingerprint density at radius 3 is 3.00 bits per heavy atom. The predicted molar refractivity (Wildman–Crippen MR) is 60.8 cm³/mol. The minimum Gasteiger partial charge on any atom is -0.368 e. The lowest BCUT2D eigenvalue weighted by Gasteiger charge is -2.34. The van der Waals surface area contributed by atoms with Crippen molar-refractivity contribution in [2.24, 2.45) is 0 Å². The highest BCUT2D eigenvalue weighted by atomic mass is 19.1. The molecule has 0 bridgehead atoms. The number of anilines is 1. The van der Waals surface area contributed by atoms with Crippen LogP contribution in [0.4, 0.5) is 10.1 Å². The number of rotatable bonds is 1. The summed E-state index contributed by atoms with van der Waals surface area (Å²) in [5.74, 6) is -0.151. The van der Waals surface area contributed by atoms with Crippen molar-refractivity contribution in [3.8, 4) is 0 Å². The first kappa shape index (κ1) is 10.4. The van der Waals surface area contributed by atoms with E-state index >= 15 is 0 Å². The molecule has 1 aromatic carbocycles. The van der Waals surface area contributed by atoms with E-state index in [0.717, 1.165) is 30.9 Å². The summed E-state index contributed by atoms with van der Waals surface area (Å²) in [4.78, 5) is 2.25. The van der Waals surface area contributed by atoms with Crippen molar-refractivity contribution in [2.45, 2.75) is 19.9 Å². The molecule has 1 N–H and O–H groups in total. The summed E-state index contributed by atoms with van der Waals surface area (Å²) in [6.45, 7) is 7.05. The maximum atomic E-state index is 13.2. The average molecular weight is 208 g/mol. The third kappa shape index (κ3) is 2.29. The Kier molecular flexibility index (Phi) is 2.91. The molecule has 1 atom stereocenters. The van der Waals surface area contributed by atoms with Crippen molar-refractivity contribution in [1.29, 1.82) is 0 Å². The van der Waals surface area contributed by atoms with Gasteiger partial charge in [0.05, 0.1) is 0 Å². The smallest absolute Gasteiger partial charge is 0.125 e. The molecule has 0 saturated carbocycles. The van der Waals surface area contributed by atoms with Gasteiger partial charge in [0.25, 0.3) is 0 Å². The largest absolute Gasteiger partial charge is 0.368 e. The van der Waals surface area contributed by atoms with Gasteiger partial charge in [-0.3, -0.25) is 0 Å². The molecule has 0 spiro atoms. The number of aryl methyl sites for hydroxylation is 1. The van der Waals surface area contributed by atoms with E-state index in [4.69, 9.17) is 0 Å². The van der Waals surface area contributed by atoms with E-state index in [1.165, 1.54) is 6.07 Å². The summed E-state index contributed by atoms with van der Waals surface area (Å²) < 4.78 is 13.2. The summed E-state index contributed by atoms with van der Waals surface area (Å²) in [6, 6.07) is 5.47. The Labute approximate surface area is 90.1 Å². The summed E-state index contributed by atoms with van der Waals surface area (Å²) >= 11 is 0. The van der Waals surface area contributed by atoms with Crippen LogP contribution in [0.25, 0.3) is 0 Å². The van der Waals surface area contributed by atoms with E-state index in [9.17, 15) is 4.39 Å². The maximum absolute atomic E-state index is 13.2. The van der Waals surface area contributed by atoms with Crippen LogP contribution in [0, 0.1) is 12.7 Å². The molecule has 1 aliphatic heterocycles. The van der Waals surface area contributed by atoms with Gasteiger partial charge >= 0.3 is 0 Å². The second-order valence-electron chi connectivity index (χ2n) is 4.23. The van der Waals surface area contributed by atoms with E-state index in [1.807, 2.05) is 13.0 Å². The Morgan fingerprint density at radius 2 is 2.27 bits per heavy atom. The first-order valence-electron chi connectivity index (χ1n) is 5.41. The van der Waals surface area contributed by atoms with Gasteiger partial charge in [0.1, 0.15) is 5.82 Å².